The van der Waals surface area contributed by atoms with Gasteiger partial charge in [0, 0.05) is 21.2 Å². The van der Waals surface area contributed by atoms with E-state index in [1.54, 1.807) is 12.7 Å². The van der Waals surface area contributed by atoms with Gasteiger partial charge in [-0.05, 0) is 30.6 Å². The van der Waals surface area contributed by atoms with Gasteiger partial charge in [-0.3, -0.25) is 0 Å². The van der Waals surface area contributed by atoms with Crippen molar-refractivity contribution in [1.29, 1.82) is 0 Å². The summed E-state index contributed by atoms with van der Waals surface area (Å²) in [6.45, 7) is 26.0. The van der Waals surface area contributed by atoms with E-state index >= 15 is 0 Å². The molecule has 2 aliphatic heterocycles. The first-order valence-corrected chi connectivity index (χ1v) is 20.9. The van der Waals surface area contributed by atoms with Crippen molar-refractivity contribution in [3.8, 4) is 28.6 Å². The molecule has 12 heteroatoms. The van der Waals surface area contributed by atoms with Gasteiger partial charge >= 0.3 is 8.56 Å². The smallest absolute Gasteiger partial charge is 0.410 e. The van der Waals surface area contributed by atoms with E-state index in [4.69, 9.17) is 32.2 Å². The van der Waals surface area contributed by atoms with E-state index in [0.29, 0.717) is 59.8 Å². The molecule has 1 aromatic carbocycles. The monoisotopic (exact) mass is 664 g/mol. The minimum Gasteiger partial charge on any atom is -0.537 e. The van der Waals surface area contributed by atoms with Crippen LogP contribution in [0.1, 0.15) is 86.3 Å². The Balaban J connectivity index is 1.50. The summed E-state index contributed by atoms with van der Waals surface area (Å²) in [5.41, 5.74) is 3.78. The molecule has 0 atom stereocenters. The molecule has 0 bridgehead atoms. The van der Waals surface area contributed by atoms with Gasteiger partial charge in [0.25, 0.3) is 14.2 Å². The Morgan fingerprint density at radius 3 is 2.28 bits per heavy atom. The van der Waals surface area contributed by atoms with Gasteiger partial charge in [0.15, 0.2) is 23.4 Å². The number of fused-ring (bicyclic) bond motifs is 2. The van der Waals surface area contributed by atoms with Crippen LogP contribution in [0, 0.1) is 0 Å². The molecule has 4 aromatic rings. The van der Waals surface area contributed by atoms with E-state index in [1.807, 2.05) is 28.8 Å². The standard InChI is InChI=1S/C34H48N4O6Si2/c1-32(2,3)45(10,11)43-28-27-24(19-41-46(44-27,33(4,5)6)34(7,8)9)42-30(28)38-21-37-26-25(35-20-36-29(26)38)22-14-12-15-23(18-22)31-39-16-13-17-40-31/h12,14-15,18,20-21,31H,13,16-17,19H2,1-11H3. The highest BCUT2D eigenvalue weighted by Crippen LogP contribution is 2.58. The molecule has 0 N–H and O–H groups in total. The summed E-state index contributed by atoms with van der Waals surface area (Å²) in [5.74, 6) is 2.31. The zero-order valence-electron chi connectivity index (χ0n) is 29.1. The maximum atomic E-state index is 7.12. The SMILES string of the molecule is CC(C)(C)[Si](C)(C)Oc1c(-n2cnc3c(-c4cccc(C5OCCCO5)c4)ncnc32)oc2c1O[Si](C(C)(C)C)(C(C)(C)C)OC2. The minimum atomic E-state index is -2.88. The second-order valence-electron chi connectivity index (χ2n) is 15.9. The van der Waals surface area contributed by atoms with Crippen molar-refractivity contribution < 1.29 is 27.2 Å². The number of furan rings is 1. The van der Waals surface area contributed by atoms with Crippen LogP contribution in [0.4, 0.5) is 0 Å². The highest BCUT2D eigenvalue weighted by Gasteiger charge is 2.63. The molecule has 0 saturated carbocycles. The van der Waals surface area contributed by atoms with Gasteiger partial charge in [0.05, 0.1) is 19.8 Å². The summed E-state index contributed by atoms with van der Waals surface area (Å²) in [4.78, 5) is 14.2. The first kappa shape index (κ1) is 32.9. The molecule has 1 saturated heterocycles. The summed E-state index contributed by atoms with van der Waals surface area (Å²) in [6, 6.07) is 8.05. The van der Waals surface area contributed by atoms with Crippen LogP contribution < -0.4 is 8.85 Å². The first-order valence-electron chi connectivity index (χ1n) is 16.1. The average molecular weight is 665 g/mol. The lowest BCUT2D eigenvalue weighted by atomic mass is 10.1. The van der Waals surface area contributed by atoms with Gasteiger partial charge in [-0.1, -0.05) is 80.5 Å². The molecule has 0 radical (unpaired) electrons. The van der Waals surface area contributed by atoms with E-state index in [-0.39, 0.29) is 15.1 Å². The number of ether oxygens (including phenoxy) is 2. The summed E-state index contributed by atoms with van der Waals surface area (Å²) >= 11 is 0. The first-order chi connectivity index (χ1) is 21.4. The number of rotatable bonds is 5. The Morgan fingerprint density at radius 2 is 1.63 bits per heavy atom. The van der Waals surface area contributed by atoms with Crippen LogP contribution in [0.15, 0.2) is 41.3 Å². The normalized spacial score (nSPS) is 18.0. The third-order valence-corrected chi connectivity index (χ3v) is 18.8. The van der Waals surface area contributed by atoms with E-state index in [9.17, 15) is 0 Å². The lowest BCUT2D eigenvalue weighted by molar-refractivity contribution is -0.183. The summed E-state index contributed by atoms with van der Waals surface area (Å²) < 4.78 is 41.1. The van der Waals surface area contributed by atoms with Gasteiger partial charge in [0.1, 0.15) is 23.9 Å². The predicted octanol–water partition coefficient (Wildman–Crippen LogP) is 8.85. The van der Waals surface area contributed by atoms with Crippen molar-refractivity contribution in [2.75, 3.05) is 13.2 Å². The summed E-state index contributed by atoms with van der Waals surface area (Å²) in [6.07, 6.45) is 3.78. The number of nitrogens with zero attached hydrogens (tertiary/aromatic N) is 4. The fraction of sp³-hybridized carbons (Fsp3) is 0.559. The van der Waals surface area contributed by atoms with Gasteiger partial charge in [0.2, 0.25) is 5.75 Å². The van der Waals surface area contributed by atoms with Gasteiger partial charge in [-0.25, -0.2) is 19.5 Å². The van der Waals surface area contributed by atoms with Crippen LogP contribution in [0.3, 0.4) is 0 Å². The zero-order chi connectivity index (χ0) is 33.3. The highest BCUT2D eigenvalue weighted by molar-refractivity contribution is 6.75. The van der Waals surface area contributed by atoms with Crippen molar-refractivity contribution >= 4 is 28.0 Å². The van der Waals surface area contributed by atoms with Crippen LogP contribution in [0.5, 0.6) is 11.5 Å². The number of aromatic nitrogens is 4. The van der Waals surface area contributed by atoms with Crippen molar-refractivity contribution in [1.82, 2.24) is 19.5 Å². The zero-order valence-corrected chi connectivity index (χ0v) is 31.1. The molecule has 0 aliphatic carbocycles. The minimum absolute atomic E-state index is 0.0642. The number of hydrogen-bond donors (Lipinski definition) is 0. The highest BCUT2D eigenvalue weighted by atomic mass is 28.4. The molecule has 0 amide bonds. The second-order valence-corrected chi connectivity index (χ2v) is 25.4. The molecular formula is C34H48N4O6Si2. The summed E-state index contributed by atoms with van der Waals surface area (Å²) in [5, 5.41) is -0.507. The molecular weight excluding hydrogens is 617 g/mol. The molecule has 5 heterocycles. The quantitative estimate of drug-likeness (QED) is 0.194. The molecule has 46 heavy (non-hydrogen) atoms. The maximum absolute atomic E-state index is 7.12. The number of imidazole rings is 1. The fourth-order valence-corrected chi connectivity index (χ4v) is 11.8. The van der Waals surface area contributed by atoms with Crippen molar-refractivity contribution in [2.24, 2.45) is 0 Å². The summed E-state index contributed by atoms with van der Waals surface area (Å²) in [7, 11) is -5.24. The molecule has 0 unspecified atom stereocenters. The fourth-order valence-electron chi connectivity index (χ4n) is 6.20. The largest absolute Gasteiger partial charge is 0.537 e. The molecule has 10 nitrogen and oxygen atoms in total. The van der Waals surface area contributed by atoms with Gasteiger partial charge in [-0.2, -0.15) is 0 Å². The van der Waals surface area contributed by atoms with Crippen molar-refractivity contribution in [3.05, 3.63) is 48.2 Å². The Kier molecular flexibility index (Phi) is 8.07. The number of benzene rings is 1. The average Bonchev–Trinajstić information content (AvgIpc) is 3.56. The van der Waals surface area contributed by atoms with E-state index in [1.165, 1.54) is 0 Å². The molecule has 0 spiro atoms. The lowest BCUT2D eigenvalue weighted by Gasteiger charge is -2.50. The third kappa shape index (κ3) is 5.51. The van der Waals surface area contributed by atoms with Crippen LogP contribution in [0.2, 0.25) is 28.2 Å². The molecule has 3 aromatic heterocycles. The Labute approximate surface area is 274 Å². The van der Waals surface area contributed by atoms with Crippen LogP contribution >= 0.6 is 0 Å². The lowest BCUT2D eigenvalue weighted by Crippen LogP contribution is -2.61. The van der Waals surface area contributed by atoms with Crippen molar-refractivity contribution in [3.63, 3.8) is 0 Å². The molecule has 6 rings (SSSR count). The van der Waals surface area contributed by atoms with Gasteiger partial charge < -0.3 is 27.2 Å². The third-order valence-electron chi connectivity index (χ3n) is 9.48. The van der Waals surface area contributed by atoms with Gasteiger partial charge in [-0.15, -0.1) is 0 Å². The van der Waals surface area contributed by atoms with Crippen LogP contribution in [-0.2, 0) is 20.5 Å². The van der Waals surface area contributed by atoms with E-state index in [0.717, 1.165) is 17.5 Å². The topological polar surface area (TPSA) is 103 Å². The van der Waals surface area contributed by atoms with Crippen LogP contribution in [-0.4, -0.2) is 49.6 Å². The Hall–Kier alpha value is -3.04. The van der Waals surface area contributed by atoms with Crippen molar-refractivity contribution in [2.45, 2.75) is 110 Å². The molecule has 1 fully saturated rings. The molecule has 248 valence electrons. The predicted molar refractivity (Wildman–Crippen MR) is 182 cm³/mol. The number of hydrogen-bond acceptors (Lipinski definition) is 9. The van der Waals surface area contributed by atoms with Crippen LogP contribution in [0.25, 0.3) is 28.3 Å². The second kappa shape index (κ2) is 11.3. The Bertz CT molecular complexity index is 1720. The van der Waals surface area contributed by atoms with E-state index in [2.05, 4.69) is 85.4 Å². The maximum Gasteiger partial charge on any atom is 0.410 e. The molecule has 2 aliphatic rings. The Morgan fingerprint density at radius 1 is 0.935 bits per heavy atom. The van der Waals surface area contributed by atoms with E-state index < -0.39 is 23.2 Å².